The minimum Gasteiger partial charge on any atom is -0.445 e. The van der Waals surface area contributed by atoms with Crippen LogP contribution in [-0.2, 0) is 9.53 Å². The first-order valence-electron chi connectivity index (χ1n) is 12.1. The largest absolute Gasteiger partial charge is 0.445 e. The number of terminal acetylenes is 1. The minimum absolute atomic E-state index is 0.104. The molecular formula is C27H38O2. The normalized spacial score (nSPS) is 40.9. The molecule has 0 unspecified atom stereocenters. The monoisotopic (exact) mass is 394 g/mol. The third-order valence-electron chi connectivity index (χ3n) is 9.00. The molecule has 0 spiro atoms. The van der Waals surface area contributed by atoms with Gasteiger partial charge in [-0.05, 0) is 87.9 Å². The lowest BCUT2D eigenvalue weighted by Crippen LogP contribution is -2.55. The molecule has 3 saturated carbocycles. The van der Waals surface area contributed by atoms with E-state index in [0.29, 0.717) is 30.1 Å². The third kappa shape index (κ3) is 3.11. The maximum absolute atomic E-state index is 12.7. The summed E-state index contributed by atoms with van der Waals surface area (Å²) >= 11 is 0. The van der Waals surface area contributed by atoms with Gasteiger partial charge in [0.2, 0.25) is 0 Å². The highest BCUT2D eigenvalue weighted by molar-refractivity contribution is 5.70. The van der Waals surface area contributed by atoms with Crippen molar-refractivity contribution in [2.24, 2.45) is 29.1 Å². The quantitative estimate of drug-likeness (QED) is 0.298. The van der Waals surface area contributed by atoms with Crippen molar-refractivity contribution >= 4 is 5.97 Å². The maximum Gasteiger partial charge on any atom is 0.307 e. The Balaban J connectivity index is 1.66. The van der Waals surface area contributed by atoms with Crippen molar-refractivity contribution in [1.82, 2.24) is 0 Å². The average molecular weight is 395 g/mol. The molecule has 0 aromatic rings. The van der Waals surface area contributed by atoms with Gasteiger partial charge < -0.3 is 4.74 Å². The molecule has 0 amide bonds. The van der Waals surface area contributed by atoms with Crippen LogP contribution in [0.1, 0.15) is 90.9 Å². The van der Waals surface area contributed by atoms with Crippen LogP contribution in [0.5, 0.6) is 0 Å². The Morgan fingerprint density at radius 1 is 1.34 bits per heavy atom. The van der Waals surface area contributed by atoms with Crippen LogP contribution in [0.4, 0.5) is 0 Å². The highest BCUT2D eigenvalue weighted by atomic mass is 16.6. The topological polar surface area (TPSA) is 26.3 Å². The Bertz CT molecular complexity index is 740. The van der Waals surface area contributed by atoms with E-state index in [4.69, 9.17) is 11.2 Å². The first-order valence-corrected chi connectivity index (χ1v) is 12.1. The van der Waals surface area contributed by atoms with Gasteiger partial charge in [-0.15, -0.1) is 6.42 Å². The fraction of sp³-hybridized carbons (Fsp3) is 0.741. The third-order valence-corrected chi connectivity index (χ3v) is 9.00. The number of ether oxygens (including phenoxy) is 1. The number of rotatable bonds is 5. The minimum atomic E-state index is -0.742. The van der Waals surface area contributed by atoms with Crippen molar-refractivity contribution in [3.63, 3.8) is 0 Å². The molecule has 2 heteroatoms. The van der Waals surface area contributed by atoms with Crippen LogP contribution < -0.4 is 0 Å². The van der Waals surface area contributed by atoms with E-state index in [1.54, 1.807) is 5.57 Å². The van der Waals surface area contributed by atoms with E-state index in [0.717, 1.165) is 38.5 Å². The molecule has 0 N–H and O–H groups in total. The van der Waals surface area contributed by atoms with Crippen molar-refractivity contribution in [2.75, 3.05) is 0 Å². The lowest BCUT2D eigenvalue weighted by Gasteiger charge is -2.57. The van der Waals surface area contributed by atoms with Crippen molar-refractivity contribution in [2.45, 2.75) is 96.5 Å². The summed E-state index contributed by atoms with van der Waals surface area (Å²) in [5.41, 5.74) is 2.22. The van der Waals surface area contributed by atoms with E-state index < -0.39 is 5.60 Å². The molecule has 3 fully saturated rings. The van der Waals surface area contributed by atoms with Crippen LogP contribution in [0, 0.1) is 41.4 Å². The molecular weight excluding hydrogens is 356 g/mol. The summed E-state index contributed by atoms with van der Waals surface area (Å²) in [6.07, 6.45) is 21.3. The summed E-state index contributed by atoms with van der Waals surface area (Å²) in [7, 11) is 0. The molecule has 0 heterocycles. The summed E-state index contributed by atoms with van der Waals surface area (Å²) in [5.74, 6) is 5.48. The Kier molecular flexibility index (Phi) is 5.71. The van der Waals surface area contributed by atoms with Crippen LogP contribution in [-0.4, -0.2) is 11.6 Å². The predicted octanol–water partition coefficient (Wildman–Crippen LogP) is 6.61. The second-order valence-electron chi connectivity index (χ2n) is 10.1. The van der Waals surface area contributed by atoms with Gasteiger partial charge >= 0.3 is 5.97 Å². The summed E-state index contributed by atoms with van der Waals surface area (Å²) in [5, 5.41) is 0. The number of fused-ring (bicyclic) bond motifs is 5. The molecule has 0 aliphatic heterocycles. The van der Waals surface area contributed by atoms with Gasteiger partial charge in [0.05, 0.1) is 0 Å². The number of carbonyl (C=O) groups is 1. The van der Waals surface area contributed by atoms with Crippen LogP contribution in [0.2, 0.25) is 0 Å². The first kappa shape index (κ1) is 20.8. The molecule has 0 radical (unpaired) electrons. The Labute approximate surface area is 177 Å². The van der Waals surface area contributed by atoms with Gasteiger partial charge in [0.1, 0.15) is 0 Å². The molecule has 2 nitrogen and oxygen atoms in total. The van der Waals surface area contributed by atoms with Gasteiger partial charge in [-0.2, -0.15) is 0 Å². The molecule has 4 rings (SSSR count). The van der Waals surface area contributed by atoms with Gasteiger partial charge in [0.25, 0.3) is 0 Å². The Hall–Kier alpha value is -1.49. The number of allylic oxidation sites excluding steroid dienone is 3. The molecule has 0 aromatic carbocycles. The number of esters is 1. The van der Waals surface area contributed by atoms with Crippen molar-refractivity contribution in [3.8, 4) is 12.3 Å². The fourth-order valence-electron chi connectivity index (χ4n) is 7.75. The highest BCUT2D eigenvalue weighted by Gasteiger charge is 2.66. The predicted molar refractivity (Wildman–Crippen MR) is 118 cm³/mol. The summed E-state index contributed by atoms with van der Waals surface area (Å²) < 4.78 is 6.22. The molecule has 29 heavy (non-hydrogen) atoms. The van der Waals surface area contributed by atoms with Gasteiger partial charge in [-0.3, -0.25) is 4.79 Å². The van der Waals surface area contributed by atoms with Crippen LogP contribution in [0.25, 0.3) is 0 Å². The van der Waals surface area contributed by atoms with Crippen molar-refractivity contribution in [1.29, 1.82) is 0 Å². The SMILES string of the molecule is C#C[C@]1(OC(=O)CCCC)CC[C@H]2[C@@H]3CCC4=CCCC[C@@H]4[C@H]3C(=C)C[C@@]21CC. The Morgan fingerprint density at radius 3 is 2.90 bits per heavy atom. The number of carbonyl (C=O) groups excluding carboxylic acids is 1. The summed E-state index contributed by atoms with van der Waals surface area (Å²) in [6, 6.07) is 0. The first-order chi connectivity index (χ1) is 14.0. The van der Waals surface area contributed by atoms with E-state index in [9.17, 15) is 4.79 Å². The van der Waals surface area contributed by atoms with E-state index in [1.165, 1.54) is 37.7 Å². The molecule has 0 saturated heterocycles. The van der Waals surface area contributed by atoms with E-state index in [1.807, 2.05) is 0 Å². The number of unbranched alkanes of at least 4 members (excludes halogenated alkanes) is 1. The number of hydrogen-bond donors (Lipinski definition) is 0. The fourth-order valence-corrected chi connectivity index (χ4v) is 7.75. The van der Waals surface area contributed by atoms with Crippen LogP contribution in [0.3, 0.4) is 0 Å². The summed E-state index contributed by atoms with van der Waals surface area (Å²) in [4.78, 5) is 12.7. The standard InChI is InChI=1S/C27H38O2/c1-5-8-13-24(28)29-27(7-3)17-16-23-22-15-14-20-11-9-10-12-21(20)25(22)19(4)18-26(23,27)6-2/h3,11,21-23,25H,4-6,8-10,12-18H2,1-2H3/t21-,22-,23-,25+,26-,27-/m0/s1. The molecule has 0 aromatic heterocycles. The second kappa shape index (κ2) is 7.98. The van der Waals surface area contributed by atoms with E-state index in [2.05, 4.69) is 32.4 Å². The average Bonchev–Trinajstić information content (AvgIpc) is 3.06. The molecule has 0 bridgehead atoms. The molecule has 4 aliphatic carbocycles. The van der Waals surface area contributed by atoms with Gasteiger partial charge in [0.15, 0.2) is 5.60 Å². The van der Waals surface area contributed by atoms with Gasteiger partial charge in [0, 0.05) is 11.8 Å². The van der Waals surface area contributed by atoms with Crippen molar-refractivity contribution < 1.29 is 9.53 Å². The maximum atomic E-state index is 12.7. The van der Waals surface area contributed by atoms with Crippen LogP contribution >= 0.6 is 0 Å². The second-order valence-corrected chi connectivity index (χ2v) is 10.1. The summed E-state index contributed by atoms with van der Waals surface area (Å²) in [6.45, 7) is 8.99. The zero-order valence-electron chi connectivity index (χ0n) is 18.5. The van der Waals surface area contributed by atoms with Gasteiger partial charge in [-0.1, -0.05) is 50.0 Å². The smallest absolute Gasteiger partial charge is 0.307 e. The lowest BCUT2D eigenvalue weighted by molar-refractivity contribution is -0.170. The highest BCUT2D eigenvalue weighted by Crippen LogP contribution is 2.68. The van der Waals surface area contributed by atoms with E-state index >= 15 is 0 Å². The zero-order valence-corrected chi connectivity index (χ0v) is 18.5. The molecule has 6 atom stereocenters. The van der Waals surface area contributed by atoms with Crippen LogP contribution in [0.15, 0.2) is 23.8 Å². The van der Waals surface area contributed by atoms with Crippen molar-refractivity contribution in [3.05, 3.63) is 23.8 Å². The van der Waals surface area contributed by atoms with E-state index in [-0.39, 0.29) is 11.4 Å². The lowest BCUT2D eigenvalue weighted by atomic mass is 9.48. The Morgan fingerprint density at radius 2 is 2.17 bits per heavy atom. The zero-order chi connectivity index (χ0) is 20.6. The number of hydrogen-bond acceptors (Lipinski definition) is 2. The molecule has 4 aliphatic rings. The molecule has 158 valence electrons. The van der Waals surface area contributed by atoms with Gasteiger partial charge in [-0.25, -0.2) is 0 Å².